The summed E-state index contributed by atoms with van der Waals surface area (Å²) in [5.74, 6) is 0. The molecule has 0 aromatic heterocycles. The predicted octanol–water partition coefficient (Wildman–Crippen LogP) is 2.58. The zero-order chi connectivity index (χ0) is 9.10. The van der Waals surface area contributed by atoms with Crippen molar-refractivity contribution in [2.75, 3.05) is 6.54 Å². The van der Waals surface area contributed by atoms with Crippen LogP contribution in [-0.2, 0) is 12.8 Å². The first-order chi connectivity index (χ1) is 6.40. The van der Waals surface area contributed by atoms with E-state index in [9.17, 15) is 0 Å². The summed E-state index contributed by atoms with van der Waals surface area (Å²) < 4.78 is 0. The van der Waals surface area contributed by atoms with Gasteiger partial charge in [0.2, 0.25) is 0 Å². The molecule has 0 atom stereocenters. The molecule has 1 N–H and O–H groups in total. The van der Waals surface area contributed by atoms with Crippen molar-refractivity contribution in [2.24, 2.45) is 0 Å². The molecule has 1 nitrogen and oxygen atoms in total. The Morgan fingerprint density at radius 1 is 1.21 bits per heavy atom. The second kappa shape index (κ2) is 5.38. The maximum absolute atomic E-state index is 3.58. The van der Waals surface area contributed by atoms with Crippen molar-refractivity contribution in [3.05, 3.63) is 35.4 Å². The SMILES string of the molecule is CCCNC1Cc2ccccc2C1.Cl. The second-order valence-electron chi connectivity index (χ2n) is 3.83. The van der Waals surface area contributed by atoms with Gasteiger partial charge in [-0.05, 0) is 36.9 Å². The highest BCUT2D eigenvalue weighted by Gasteiger charge is 2.19. The number of halogens is 1. The summed E-state index contributed by atoms with van der Waals surface area (Å²) >= 11 is 0. The van der Waals surface area contributed by atoms with Crippen molar-refractivity contribution in [2.45, 2.75) is 32.2 Å². The Hall–Kier alpha value is -0.530. The first-order valence-corrected chi connectivity index (χ1v) is 5.20. The van der Waals surface area contributed by atoms with E-state index in [2.05, 4.69) is 36.5 Å². The van der Waals surface area contributed by atoms with Gasteiger partial charge in [-0.2, -0.15) is 0 Å². The average molecular weight is 212 g/mol. The van der Waals surface area contributed by atoms with Gasteiger partial charge in [-0.3, -0.25) is 0 Å². The first-order valence-electron chi connectivity index (χ1n) is 5.20. The molecule has 0 unspecified atom stereocenters. The van der Waals surface area contributed by atoms with E-state index < -0.39 is 0 Å². The van der Waals surface area contributed by atoms with Gasteiger partial charge in [0.25, 0.3) is 0 Å². The van der Waals surface area contributed by atoms with Crippen molar-refractivity contribution in [3.63, 3.8) is 0 Å². The predicted molar refractivity (Wildman–Crippen MR) is 63.2 cm³/mol. The molecule has 0 saturated heterocycles. The van der Waals surface area contributed by atoms with Crippen molar-refractivity contribution in [1.29, 1.82) is 0 Å². The van der Waals surface area contributed by atoms with E-state index >= 15 is 0 Å². The monoisotopic (exact) mass is 211 g/mol. The fourth-order valence-electron chi connectivity index (χ4n) is 2.05. The van der Waals surface area contributed by atoms with Crippen molar-refractivity contribution in [1.82, 2.24) is 5.32 Å². The summed E-state index contributed by atoms with van der Waals surface area (Å²) in [6.45, 7) is 3.37. The quantitative estimate of drug-likeness (QED) is 0.811. The molecule has 0 amide bonds. The molecule has 0 saturated carbocycles. The van der Waals surface area contributed by atoms with Crippen LogP contribution in [0.1, 0.15) is 24.5 Å². The Bertz CT molecular complexity index is 260. The molecule has 1 aromatic carbocycles. The van der Waals surface area contributed by atoms with Gasteiger partial charge in [0.15, 0.2) is 0 Å². The lowest BCUT2D eigenvalue weighted by atomic mass is 10.1. The Balaban J connectivity index is 0.000000980. The molecule has 2 rings (SSSR count). The number of benzene rings is 1. The number of hydrogen-bond donors (Lipinski definition) is 1. The number of hydrogen-bond acceptors (Lipinski definition) is 1. The largest absolute Gasteiger partial charge is 0.313 e. The molecular formula is C12H18ClN. The van der Waals surface area contributed by atoms with Crippen LogP contribution in [0.15, 0.2) is 24.3 Å². The Morgan fingerprint density at radius 2 is 1.79 bits per heavy atom. The third kappa shape index (κ3) is 2.49. The lowest BCUT2D eigenvalue weighted by Gasteiger charge is -2.09. The second-order valence-corrected chi connectivity index (χ2v) is 3.83. The highest BCUT2D eigenvalue weighted by atomic mass is 35.5. The molecule has 78 valence electrons. The summed E-state index contributed by atoms with van der Waals surface area (Å²) in [7, 11) is 0. The number of fused-ring (bicyclic) bond motifs is 1. The van der Waals surface area contributed by atoms with E-state index in [0.717, 1.165) is 6.54 Å². The summed E-state index contributed by atoms with van der Waals surface area (Å²) in [6, 6.07) is 9.48. The van der Waals surface area contributed by atoms with Crippen LogP contribution >= 0.6 is 12.4 Å². The van der Waals surface area contributed by atoms with Gasteiger partial charge in [0.1, 0.15) is 0 Å². The van der Waals surface area contributed by atoms with E-state index in [1.807, 2.05) is 0 Å². The Kier molecular flexibility index (Phi) is 4.43. The fraction of sp³-hybridized carbons (Fsp3) is 0.500. The summed E-state index contributed by atoms with van der Waals surface area (Å²) in [5, 5.41) is 3.58. The van der Waals surface area contributed by atoms with Crippen LogP contribution in [0.25, 0.3) is 0 Å². The highest BCUT2D eigenvalue weighted by Crippen LogP contribution is 2.21. The molecule has 1 aliphatic carbocycles. The molecule has 0 fully saturated rings. The molecule has 14 heavy (non-hydrogen) atoms. The zero-order valence-electron chi connectivity index (χ0n) is 8.62. The van der Waals surface area contributed by atoms with E-state index in [0.29, 0.717) is 6.04 Å². The standard InChI is InChI=1S/C12H17N.ClH/c1-2-7-13-12-8-10-5-3-4-6-11(10)9-12;/h3-6,12-13H,2,7-9H2,1H3;1H. The average Bonchev–Trinajstić information content (AvgIpc) is 2.57. The van der Waals surface area contributed by atoms with Crippen molar-refractivity contribution >= 4 is 12.4 Å². The van der Waals surface area contributed by atoms with Crippen LogP contribution in [0.3, 0.4) is 0 Å². The zero-order valence-corrected chi connectivity index (χ0v) is 9.44. The highest BCUT2D eigenvalue weighted by molar-refractivity contribution is 5.85. The molecule has 2 heteroatoms. The van der Waals surface area contributed by atoms with Gasteiger partial charge in [-0.15, -0.1) is 12.4 Å². The third-order valence-electron chi connectivity index (χ3n) is 2.73. The van der Waals surface area contributed by atoms with Gasteiger partial charge in [0.05, 0.1) is 0 Å². The van der Waals surface area contributed by atoms with Gasteiger partial charge in [-0.1, -0.05) is 31.2 Å². The number of nitrogens with one attached hydrogen (secondary N) is 1. The minimum absolute atomic E-state index is 0. The maximum Gasteiger partial charge on any atom is 0.0148 e. The molecule has 0 aliphatic heterocycles. The third-order valence-corrected chi connectivity index (χ3v) is 2.73. The maximum atomic E-state index is 3.58. The molecule has 0 bridgehead atoms. The van der Waals surface area contributed by atoms with E-state index in [1.165, 1.54) is 30.4 Å². The van der Waals surface area contributed by atoms with E-state index in [1.54, 1.807) is 0 Å². The van der Waals surface area contributed by atoms with Crippen LogP contribution < -0.4 is 5.32 Å². The van der Waals surface area contributed by atoms with Crippen LogP contribution in [-0.4, -0.2) is 12.6 Å². The smallest absolute Gasteiger partial charge is 0.0148 e. The van der Waals surface area contributed by atoms with Crippen LogP contribution in [0.4, 0.5) is 0 Å². The lowest BCUT2D eigenvalue weighted by Crippen LogP contribution is -2.29. The van der Waals surface area contributed by atoms with Crippen LogP contribution in [0.2, 0.25) is 0 Å². The molecule has 0 spiro atoms. The lowest BCUT2D eigenvalue weighted by molar-refractivity contribution is 0.531. The Morgan fingerprint density at radius 3 is 2.29 bits per heavy atom. The van der Waals surface area contributed by atoms with Gasteiger partial charge in [-0.25, -0.2) is 0 Å². The fourth-order valence-corrected chi connectivity index (χ4v) is 2.05. The summed E-state index contributed by atoms with van der Waals surface area (Å²) in [5.41, 5.74) is 3.08. The molecule has 0 heterocycles. The molecule has 1 aliphatic rings. The summed E-state index contributed by atoms with van der Waals surface area (Å²) in [4.78, 5) is 0. The van der Waals surface area contributed by atoms with Crippen LogP contribution in [0.5, 0.6) is 0 Å². The normalized spacial score (nSPS) is 14.9. The minimum Gasteiger partial charge on any atom is -0.313 e. The molecule has 1 aromatic rings. The topological polar surface area (TPSA) is 12.0 Å². The van der Waals surface area contributed by atoms with Crippen molar-refractivity contribution in [3.8, 4) is 0 Å². The Labute approximate surface area is 92.3 Å². The number of rotatable bonds is 3. The summed E-state index contributed by atoms with van der Waals surface area (Å²) in [6.07, 6.45) is 3.67. The molecule has 0 radical (unpaired) electrons. The van der Waals surface area contributed by atoms with Crippen LogP contribution in [0, 0.1) is 0 Å². The minimum atomic E-state index is 0. The van der Waals surface area contributed by atoms with Gasteiger partial charge >= 0.3 is 0 Å². The van der Waals surface area contributed by atoms with E-state index in [-0.39, 0.29) is 12.4 Å². The van der Waals surface area contributed by atoms with Gasteiger partial charge < -0.3 is 5.32 Å². The molecular weight excluding hydrogens is 194 g/mol. The first kappa shape index (κ1) is 11.5. The van der Waals surface area contributed by atoms with E-state index in [4.69, 9.17) is 0 Å². The van der Waals surface area contributed by atoms with Gasteiger partial charge in [0, 0.05) is 6.04 Å². The van der Waals surface area contributed by atoms with Crippen molar-refractivity contribution < 1.29 is 0 Å².